The van der Waals surface area contributed by atoms with E-state index in [9.17, 15) is 0 Å². The average molecular weight is 556 g/mol. The van der Waals surface area contributed by atoms with E-state index in [2.05, 4.69) is 55.4 Å². The first-order valence-electron chi connectivity index (χ1n) is 24.0. The van der Waals surface area contributed by atoms with Crippen LogP contribution in [0, 0.1) is 34.5 Å². The maximum atomic E-state index is 7.02. The normalized spacial score (nSPS) is 21.2. The summed E-state index contributed by atoms with van der Waals surface area (Å²) in [6.07, 6.45) is 7.44. The van der Waals surface area contributed by atoms with Gasteiger partial charge in [-0.15, -0.1) is 0 Å². The molecule has 0 spiro atoms. The highest BCUT2D eigenvalue weighted by Gasteiger charge is 2.05. The van der Waals surface area contributed by atoms with Crippen molar-refractivity contribution in [2.24, 2.45) is 34.5 Å². The molecule has 0 heteroatoms. The van der Waals surface area contributed by atoms with Gasteiger partial charge in [0.15, 0.2) is 0 Å². The summed E-state index contributed by atoms with van der Waals surface area (Å²) in [7, 11) is 0. The molecule has 0 aliphatic heterocycles. The molecule has 0 aromatic carbocycles. The molecule has 1 fully saturated rings. The van der Waals surface area contributed by atoms with Gasteiger partial charge >= 0.3 is 0 Å². The van der Waals surface area contributed by atoms with Crippen molar-refractivity contribution < 1.29 is 26.0 Å². The Morgan fingerprint density at radius 1 is 0.622 bits per heavy atom. The fraction of sp³-hybridized carbons (Fsp3) is 1.00. The van der Waals surface area contributed by atoms with Gasteiger partial charge < -0.3 is 0 Å². The number of hydrogen-bond acceptors (Lipinski definition) is 0. The van der Waals surface area contributed by atoms with E-state index < -0.39 is 52.4 Å². The largest absolute Gasteiger partial charge is 0.0683 e. The van der Waals surface area contributed by atoms with Crippen LogP contribution >= 0.6 is 0 Å². The second-order valence-corrected chi connectivity index (χ2v) is 11.3. The highest BCUT2D eigenvalue weighted by atomic mass is 14.1. The van der Waals surface area contributed by atoms with Gasteiger partial charge in [-0.2, -0.15) is 0 Å². The van der Waals surface area contributed by atoms with Crippen LogP contribution in [0.15, 0.2) is 0 Å². The monoisotopic (exact) mass is 556 g/mol. The topological polar surface area (TPSA) is 0 Å². The zero-order valence-electron chi connectivity index (χ0n) is 48.6. The van der Waals surface area contributed by atoms with E-state index in [1.165, 1.54) is 73.6 Å². The van der Waals surface area contributed by atoms with Crippen molar-refractivity contribution in [1.82, 2.24) is 0 Å². The summed E-state index contributed by atoms with van der Waals surface area (Å²) >= 11 is 0. The van der Waals surface area contributed by atoms with Crippen molar-refractivity contribution in [3.8, 4) is 0 Å². The first kappa shape index (κ1) is 21.7. The van der Waals surface area contributed by atoms with Crippen LogP contribution in [-0.4, -0.2) is 0 Å². The van der Waals surface area contributed by atoms with Gasteiger partial charge in [0.05, 0.1) is 0 Å². The molecule has 0 amide bonds. The van der Waals surface area contributed by atoms with Gasteiger partial charge in [0.1, 0.15) is 0 Å². The van der Waals surface area contributed by atoms with Crippen LogP contribution in [-0.2, 0) is 0 Å². The Morgan fingerprint density at radius 2 is 0.838 bits per heavy atom. The van der Waals surface area contributed by atoms with E-state index in [0.29, 0.717) is 12.3 Å². The Kier molecular flexibility index (Phi) is 30.8. The number of rotatable bonds is 0. The van der Waals surface area contributed by atoms with Gasteiger partial charge in [-0.3, -0.25) is 0 Å². The SMILES string of the molecule is CC.CC(C)(C)C.CC(C)C.CC1CCCCC1.[2H]C([2H])([2H])C.[2H]C([2H])([2H])C(C)(C)C([2H])([2H])[2H].[2H]C([2H])([2H])C(C)C.[2H]C([2H])([2H])C([2H])(C)C.[2H]C([2H])C.[2H]CC. The maximum absolute atomic E-state index is 7.02. The first-order valence-corrected chi connectivity index (χ1v) is 14.1. The van der Waals surface area contributed by atoms with Gasteiger partial charge in [-0.1, -0.05) is 212 Å². The summed E-state index contributed by atoms with van der Waals surface area (Å²) in [5.41, 5.74) is -1.12. The van der Waals surface area contributed by atoms with Crippen LogP contribution in [0.25, 0.3) is 0 Å². The zero-order valence-corrected chi connectivity index (χ0v) is 29.6. The predicted octanol–water partition coefficient (Wildman–Crippen LogP) is 15.8. The fourth-order valence-electron chi connectivity index (χ4n) is 1.31. The van der Waals surface area contributed by atoms with Crippen LogP contribution in [0.2, 0.25) is 0 Å². The van der Waals surface area contributed by atoms with E-state index in [1.54, 1.807) is 20.8 Å². The van der Waals surface area contributed by atoms with Crippen LogP contribution in [0.4, 0.5) is 0 Å². The molecule has 0 heterocycles. The highest BCUT2D eigenvalue weighted by molar-refractivity contribution is 4.59. The van der Waals surface area contributed by atoms with Crippen LogP contribution < -0.4 is 0 Å². The van der Waals surface area contributed by atoms with Gasteiger partial charge in [-0.25, -0.2) is 0 Å². The second-order valence-electron chi connectivity index (χ2n) is 11.3. The molecular formula is C37H92. The highest BCUT2D eigenvalue weighted by Crippen LogP contribution is 2.22. The molecule has 0 aromatic rings. The smallest absolute Gasteiger partial charge is 0.0294 e. The molecule has 0 nitrogen and oxygen atoms in total. The molecule has 1 rings (SSSR count). The van der Waals surface area contributed by atoms with Crippen LogP contribution in [0.3, 0.4) is 0 Å². The van der Waals surface area contributed by atoms with Gasteiger partial charge in [0.2, 0.25) is 0 Å². The lowest BCUT2D eigenvalue weighted by atomic mass is 9.91. The van der Waals surface area contributed by atoms with Crippen molar-refractivity contribution in [3.05, 3.63) is 0 Å². The predicted molar refractivity (Wildman–Crippen MR) is 189 cm³/mol. The lowest BCUT2D eigenvalue weighted by Gasteiger charge is -2.15. The molecule has 37 heavy (non-hydrogen) atoms. The molecule has 0 bridgehead atoms. The molecule has 0 atom stereocenters. The molecule has 0 saturated heterocycles. The Labute approximate surface area is 273 Å². The minimum absolute atomic E-state index is 0.201. The van der Waals surface area contributed by atoms with E-state index in [4.69, 9.17) is 26.0 Å². The summed E-state index contributed by atoms with van der Waals surface area (Å²) in [6.45, 7) is 24.0. The third-order valence-corrected chi connectivity index (χ3v) is 1.89. The minimum Gasteiger partial charge on any atom is -0.0683 e. The Morgan fingerprint density at radius 3 is 0.892 bits per heavy atom. The molecule has 0 unspecified atom stereocenters. The van der Waals surface area contributed by atoms with Crippen molar-refractivity contribution in [1.29, 1.82) is 0 Å². The Bertz CT molecular complexity index is 704. The number of hydrogen-bond donors (Lipinski definition) is 0. The average Bonchev–Trinajstić information content (AvgIpc) is 2.86. The molecule has 240 valence electrons. The van der Waals surface area contributed by atoms with Crippen molar-refractivity contribution >= 4 is 0 Å². The molecule has 1 aliphatic carbocycles. The molecular weight excluding hydrogens is 444 g/mol. The fourth-order valence-corrected chi connectivity index (χ4v) is 1.31. The summed E-state index contributed by atoms with van der Waals surface area (Å²) in [6, 6.07) is 0. The zero-order chi connectivity index (χ0) is 48.6. The summed E-state index contributed by atoms with van der Waals surface area (Å²) in [5, 5.41) is 0. The first-order chi connectivity index (χ1) is 24.0. The van der Waals surface area contributed by atoms with E-state index in [-0.39, 0.29) is 5.92 Å². The third-order valence-electron chi connectivity index (χ3n) is 1.89. The Hall–Kier alpha value is 0. The van der Waals surface area contributed by atoms with Crippen molar-refractivity contribution in [3.63, 3.8) is 0 Å². The molecule has 0 radical (unpaired) electrons. The van der Waals surface area contributed by atoms with Crippen LogP contribution in [0.5, 0.6) is 0 Å². The van der Waals surface area contributed by atoms with Gasteiger partial charge in [-0.05, 0) is 34.5 Å². The molecule has 0 aromatic heterocycles. The van der Waals surface area contributed by atoms with Gasteiger partial charge in [0.25, 0.3) is 0 Å². The quantitative estimate of drug-likeness (QED) is 0.279. The lowest BCUT2D eigenvalue weighted by molar-refractivity contribution is 0.385. The standard InChI is InChI=1S/C7H14.2C5H12.3C4H10.4C2H6/c1-7-5-3-2-4-6-7;2*1-5(2,3)4;3*1-4(2)3;4*1-2/h7H,2-6H2,1H3;2*1-4H3;3*4H,1-3H3;4*1-2H3/i;1D3,2D3;;1D3,4D;1D3;;1D3;1D2;1D;. The molecule has 1 aliphatic rings. The lowest BCUT2D eigenvalue weighted by Crippen LogP contribution is -1.99. The third kappa shape index (κ3) is 650. The van der Waals surface area contributed by atoms with E-state index in [0.717, 1.165) is 11.8 Å². The van der Waals surface area contributed by atoms with Crippen molar-refractivity contribution in [2.75, 3.05) is 0 Å². The maximum Gasteiger partial charge on any atom is 0.0294 e. The summed E-state index contributed by atoms with van der Waals surface area (Å²) in [4.78, 5) is 0. The molecule has 0 N–H and O–H groups in total. The van der Waals surface area contributed by atoms with Gasteiger partial charge in [0, 0.05) is 26.0 Å². The summed E-state index contributed by atoms with van der Waals surface area (Å²) < 4.78 is 127. The second kappa shape index (κ2) is 52.4. The van der Waals surface area contributed by atoms with Crippen LogP contribution in [0.1, 0.15) is 238 Å². The molecule has 1 saturated carbocycles. The Balaban J connectivity index is -0.0000000646. The summed E-state index contributed by atoms with van der Waals surface area (Å²) in [5.74, 6) is 0.355. The van der Waals surface area contributed by atoms with E-state index in [1.807, 2.05) is 13.8 Å². The van der Waals surface area contributed by atoms with Crippen molar-refractivity contribution in [2.45, 2.75) is 212 Å². The minimum atomic E-state index is -2.43. The van der Waals surface area contributed by atoms with E-state index >= 15 is 0 Å².